The number of nitrogens with two attached hydrogens (primary N) is 1. The van der Waals surface area contributed by atoms with E-state index in [9.17, 15) is 10.4 Å². The van der Waals surface area contributed by atoms with E-state index in [4.69, 9.17) is 15.1 Å². The second-order valence-electron chi connectivity index (χ2n) is 7.28. The zero-order valence-electron chi connectivity index (χ0n) is 17.6. The quantitative estimate of drug-likeness (QED) is 0.422. The smallest absolute Gasteiger partial charge is 0.223 e. The van der Waals surface area contributed by atoms with Gasteiger partial charge in [-0.05, 0) is 18.2 Å². The maximum absolute atomic E-state index is 9.91. The number of aliphatic hydroxyl groups is 1. The SMILES string of the molecule is Cc1nc(CO)c(-c2c(-c3ccccc3C#N)nc(N)n3nc(Cc4ccccn4)nc23)o1. The number of oxazole rings is 1. The number of aliphatic hydroxyl groups excluding tert-OH is 1. The summed E-state index contributed by atoms with van der Waals surface area (Å²) in [6.07, 6.45) is 2.09. The van der Waals surface area contributed by atoms with Crippen LogP contribution in [-0.4, -0.2) is 34.7 Å². The summed E-state index contributed by atoms with van der Waals surface area (Å²) in [7, 11) is 0. The van der Waals surface area contributed by atoms with E-state index in [-0.39, 0.29) is 12.6 Å². The summed E-state index contributed by atoms with van der Waals surface area (Å²) < 4.78 is 7.30. The number of nitriles is 1. The van der Waals surface area contributed by atoms with E-state index in [1.165, 1.54) is 4.52 Å². The highest BCUT2D eigenvalue weighted by molar-refractivity contribution is 5.91. The highest BCUT2D eigenvalue weighted by atomic mass is 16.4. The van der Waals surface area contributed by atoms with E-state index in [1.807, 2.05) is 18.2 Å². The normalized spacial score (nSPS) is 11.1. The summed E-state index contributed by atoms with van der Waals surface area (Å²) in [5, 5.41) is 24.1. The van der Waals surface area contributed by atoms with Gasteiger partial charge in [0, 0.05) is 24.4 Å². The van der Waals surface area contributed by atoms with E-state index in [2.05, 4.69) is 26.1 Å². The number of rotatable bonds is 5. The number of aromatic nitrogens is 6. The van der Waals surface area contributed by atoms with Crippen LogP contribution >= 0.6 is 0 Å². The van der Waals surface area contributed by atoms with E-state index >= 15 is 0 Å². The predicted octanol–water partition coefficient (Wildman–Crippen LogP) is 2.69. The van der Waals surface area contributed by atoms with Crippen LogP contribution in [0.15, 0.2) is 53.1 Å². The average Bonchev–Trinajstić information content (AvgIpc) is 3.43. The van der Waals surface area contributed by atoms with Crippen LogP contribution in [0, 0.1) is 18.3 Å². The Morgan fingerprint density at radius 3 is 2.70 bits per heavy atom. The molecule has 0 aliphatic heterocycles. The van der Waals surface area contributed by atoms with Crippen LogP contribution in [0.2, 0.25) is 0 Å². The number of pyridine rings is 1. The molecule has 1 aromatic carbocycles. The van der Waals surface area contributed by atoms with Crippen LogP contribution < -0.4 is 5.73 Å². The number of benzene rings is 1. The molecule has 0 fully saturated rings. The minimum atomic E-state index is -0.350. The van der Waals surface area contributed by atoms with Gasteiger partial charge in [0.05, 0.1) is 35.9 Å². The van der Waals surface area contributed by atoms with Crippen molar-refractivity contribution in [2.75, 3.05) is 5.73 Å². The molecule has 5 aromatic rings. The first kappa shape index (κ1) is 20.3. The molecule has 4 aromatic heterocycles. The zero-order valence-corrected chi connectivity index (χ0v) is 17.6. The van der Waals surface area contributed by atoms with E-state index < -0.39 is 0 Å². The minimum Gasteiger partial charge on any atom is -0.440 e. The summed E-state index contributed by atoms with van der Waals surface area (Å²) in [4.78, 5) is 17.9. The largest absolute Gasteiger partial charge is 0.440 e. The molecular weight excluding hydrogens is 420 g/mol. The first-order valence-electron chi connectivity index (χ1n) is 10.1. The Balaban J connectivity index is 1.82. The van der Waals surface area contributed by atoms with Gasteiger partial charge >= 0.3 is 0 Å². The summed E-state index contributed by atoms with van der Waals surface area (Å²) in [6, 6.07) is 14.8. The van der Waals surface area contributed by atoms with Crippen molar-refractivity contribution >= 4 is 11.6 Å². The fourth-order valence-electron chi connectivity index (χ4n) is 3.70. The number of nitrogens with zero attached hydrogens (tertiary/aromatic N) is 7. The van der Waals surface area contributed by atoms with Gasteiger partial charge in [-0.3, -0.25) is 4.98 Å². The molecule has 0 atom stereocenters. The molecule has 0 radical (unpaired) electrons. The highest BCUT2D eigenvalue weighted by Crippen LogP contribution is 2.38. The van der Waals surface area contributed by atoms with Crippen molar-refractivity contribution in [1.29, 1.82) is 5.26 Å². The van der Waals surface area contributed by atoms with Gasteiger partial charge in [-0.1, -0.05) is 24.3 Å². The van der Waals surface area contributed by atoms with Gasteiger partial charge in [0.2, 0.25) is 5.95 Å². The number of aryl methyl sites for hydroxylation is 1. The second-order valence-corrected chi connectivity index (χ2v) is 7.28. The van der Waals surface area contributed by atoms with Crippen LogP contribution in [0.1, 0.15) is 28.7 Å². The number of anilines is 1. The van der Waals surface area contributed by atoms with Crippen molar-refractivity contribution in [1.82, 2.24) is 29.5 Å². The molecule has 0 spiro atoms. The van der Waals surface area contributed by atoms with Crippen LogP contribution in [0.3, 0.4) is 0 Å². The molecular formula is C23H18N8O2. The number of fused-ring (bicyclic) bond motifs is 1. The number of hydrogen-bond donors (Lipinski definition) is 2. The summed E-state index contributed by atoms with van der Waals surface area (Å²) >= 11 is 0. The Morgan fingerprint density at radius 1 is 1.12 bits per heavy atom. The summed E-state index contributed by atoms with van der Waals surface area (Å²) in [5.74, 6) is 1.25. The van der Waals surface area contributed by atoms with Crippen molar-refractivity contribution in [3.8, 4) is 28.7 Å². The molecule has 0 amide bonds. The maximum atomic E-state index is 9.91. The van der Waals surface area contributed by atoms with Crippen LogP contribution in [0.25, 0.3) is 28.2 Å². The first-order valence-corrected chi connectivity index (χ1v) is 10.1. The van der Waals surface area contributed by atoms with E-state index in [0.717, 1.165) is 5.69 Å². The molecule has 0 saturated heterocycles. The molecule has 3 N–H and O–H groups in total. The van der Waals surface area contributed by atoms with Crippen LogP contribution in [0.5, 0.6) is 0 Å². The van der Waals surface area contributed by atoms with Gasteiger partial charge in [0.1, 0.15) is 5.69 Å². The van der Waals surface area contributed by atoms with Crippen LogP contribution in [0.4, 0.5) is 5.95 Å². The van der Waals surface area contributed by atoms with Crippen molar-refractivity contribution in [2.45, 2.75) is 20.0 Å². The minimum absolute atomic E-state index is 0.0954. The van der Waals surface area contributed by atoms with Gasteiger partial charge in [-0.15, -0.1) is 5.10 Å². The molecule has 5 rings (SSSR count). The molecule has 0 bridgehead atoms. The Kier molecular flexibility index (Phi) is 5.01. The topological polar surface area (TPSA) is 152 Å². The van der Waals surface area contributed by atoms with Gasteiger partial charge in [0.15, 0.2) is 23.1 Å². The summed E-state index contributed by atoms with van der Waals surface area (Å²) in [5.41, 5.74) is 9.56. The number of nitrogen functional groups attached to an aromatic ring is 1. The Hall–Kier alpha value is -4.62. The molecule has 0 unspecified atom stereocenters. The lowest BCUT2D eigenvalue weighted by Crippen LogP contribution is -2.07. The average molecular weight is 438 g/mol. The Bertz CT molecular complexity index is 1520. The van der Waals surface area contributed by atoms with Crippen molar-refractivity contribution in [2.24, 2.45) is 0 Å². The second kappa shape index (κ2) is 8.14. The molecule has 0 saturated carbocycles. The molecule has 33 heavy (non-hydrogen) atoms. The fraction of sp³-hybridized carbons (Fsp3) is 0.130. The van der Waals surface area contributed by atoms with Gasteiger partial charge < -0.3 is 15.3 Å². The monoisotopic (exact) mass is 438 g/mol. The van der Waals surface area contributed by atoms with Crippen molar-refractivity contribution in [3.63, 3.8) is 0 Å². The van der Waals surface area contributed by atoms with Gasteiger partial charge in [-0.2, -0.15) is 9.78 Å². The Morgan fingerprint density at radius 2 is 1.94 bits per heavy atom. The maximum Gasteiger partial charge on any atom is 0.223 e. The van der Waals surface area contributed by atoms with E-state index in [0.29, 0.717) is 57.6 Å². The lowest BCUT2D eigenvalue weighted by molar-refractivity contribution is 0.277. The molecule has 10 heteroatoms. The van der Waals surface area contributed by atoms with Gasteiger partial charge in [0.25, 0.3) is 0 Å². The predicted molar refractivity (Wildman–Crippen MR) is 119 cm³/mol. The van der Waals surface area contributed by atoms with Gasteiger partial charge in [-0.25, -0.2) is 15.0 Å². The third kappa shape index (κ3) is 3.56. The third-order valence-electron chi connectivity index (χ3n) is 5.10. The lowest BCUT2D eigenvalue weighted by atomic mass is 9.99. The number of hydrogen-bond acceptors (Lipinski definition) is 9. The Labute approximate surface area is 188 Å². The summed E-state index contributed by atoms with van der Waals surface area (Å²) in [6.45, 7) is 1.33. The standard InChI is InChI=1S/C23H18N8O2/c1-13-27-17(12-32)21(33-13)19-20(16-8-3-2-6-14(16)11-24)29-23(25)31-22(19)28-18(30-31)10-15-7-4-5-9-26-15/h2-9,32H,10,12H2,1H3,(H2,25,29). The highest BCUT2D eigenvalue weighted by Gasteiger charge is 2.26. The zero-order chi connectivity index (χ0) is 22.9. The van der Waals surface area contributed by atoms with Crippen molar-refractivity contribution in [3.05, 3.63) is 77.3 Å². The van der Waals surface area contributed by atoms with E-state index in [1.54, 1.807) is 37.4 Å². The molecule has 4 heterocycles. The lowest BCUT2D eigenvalue weighted by Gasteiger charge is -2.11. The third-order valence-corrected chi connectivity index (χ3v) is 5.10. The molecule has 0 aliphatic rings. The first-order chi connectivity index (χ1) is 16.1. The molecule has 162 valence electrons. The fourth-order valence-corrected chi connectivity index (χ4v) is 3.70. The van der Waals surface area contributed by atoms with Crippen molar-refractivity contribution < 1.29 is 9.52 Å². The van der Waals surface area contributed by atoms with Crippen LogP contribution in [-0.2, 0) is 13.0 Å². The molecule has 10 nitrogen and oxygen atoms in total. The molecule has 0 aliphatic carbocycles.